The van der Waals surface area contributed by atoms with E-state index in [1.807, 2.05) is 18.2 Å². The highest BCUT2D eigenvalue weighted by atomic mass is 35.5. The molecule has 0 spiro atoms. The molecule has 3 rings (SSSR count). The van der Waals surface area contributed by atoms with Crippen LogP contribution in [0.4, 0.5) is 0 Å². The molecule has 0 amide bonds. The van der Waals surface area contributed by atoms with Crippen molar-refractivity contribution in [3.8, 4) is 11.1 Å². The Bertz CT molecular complexity index is 839. The number of carbonyl (C=O) groups excluding carboxylic acids is 1. The molecule has 0 bridgehead atoms. The molecule has 2 aromatic carbocycles. The average Bonchev–Trinajstić information content (AvgIpc) is 2.78. The summed E-state index contributed by atoms with van der Waals surface area (Å²) in [6.45, 7) is 6.43. The van der Waals surface area contributed by atoms with Gasteiger partial charge in [-0.05, 0) is 28.8 Å². The van der Waals surface area contributed by atoms with Crippen LogP contribution >= 0.6 is 36.4 Å². The lowest BCUT2D eigenvalue weighted by molar-refractivity contribution is -0.145. The van der Waals surface area contributed by atoms with E-state index in [9.17, 15) is 4.79 Å². The van der Waals surface area contributed by atoms with E-state index in [1.54, 1.807) is 0 Å². The molecule has 1 heterocycles. The van der Waals surface area contributed by atoms with E-state index >= 15 is 0 Å². The van der Waals surface area contributed by atoms with Gasteiger partial charge in [0.15, 0.2) is 0 Å². The summed E-state index contributed by atoms with van der Waals surface area (Å²) in [5, 5.41) is 0.761. The van der Waals surface area contributed by atoms with Gasteiger partial charge in [0.2, 0.25) is 0 Å². The van der Waals surface area contributed by atoms with Crippen molar-refractivity contribution in [3.05, 3.63) is 71.3 Å². The first-order valence-electron chi connectivity index (χ1n) is 10.2. The monoisotopic (exact) mass is 500 g/mol. The van der Waals surface area contributed by atoms with Crippen molar-refractivity contribution in [1.82, 2.24) is 9.80 Å². The molecular weight excluding hydrogens is 471 g/mol. The van der Waals surface area contributed by atoms with Gasteiger partial charge in [-0.15, -0.1) is 24.8 Å². The zero-order valence-electron chi connectivity index (χ0n) is 18.2. The molecule has 1 fully saturated rings. The summed E-state index contributed by atoms with van der Waals surface area (Å²) in [6.07, 6.45) is 4.06. The standard InChI is InChI=1S/C24H29ClN2O3.2ClH/c1-29-24(28)19-30-17-5-4-12-26-13-15-27(16-14-26)18-21-6-2-3-7-23(21)20-8-10-22(25)11-9-20;;/h2-11H,12-19H2,1H3;2*1H. The number of rotatable bonds is 9. The Morgan fingerprint density at radius 3 is 2.31 bits per heavy atom. The highest BCUT2D eigenvalue weighted by Gasteiger charge is 2.17. The van der Waals surface area contributed by atoms with Gasteiger partial charge in [-0.2, -0.15) is 0 Å². The molecule has 1 aliphatic heterocycles. The molecule has 32 heavy (non-hydrogen) atoms. The fourth-order valence-electron chi connectivity index (χ4n) is 3.50. The van der Waals surface area contributed by atoms with Crippen molar-refractivity contribution >= 4 is 42.4 Å². The molecular formula is C24H31Cl3N2O3. The van der Waals surface area contributed by atoms with Gasteiger partial charge in [0.1, 0.15) is 6.61 Å². The number of benzene rings is 2. The van der Waals surface area contributed by atoms with Gasteiger partial charge in [-0.3, -0.25) is 9.80 Å². The SMILES string of the molecule is COC(=O)COCC=CCN1CCN(Cc2ccccc2-c2ccc(Cl)cc2)CC1.Cl.Cl. The van der Waals surface area contributed by atoms with Crippen molar-refractivity contribution in [1.29, 1.82) is 0 Å². The summed E-state index contributed by atoms with van der Waals surface area (Å²) in [5.74, 6) is -0.350. The van der Waals surface area contributed by atoms with Crippen LogP contribution in [0.15, 0.2) is 60.7 Å². The zero-order valence-corrected chi connectivity index (χ0v) is 20.6. The third kappa shape index (κ3) is 9.10. The van der Waals surface area contributed by atoms with Gasteiger partial charge < -0.3 is 9.47 Å². The van der Waals surface area contributed by atoms with E-state index < -0.39 is 0 Å². The number of hydrogen-bond acceptors (Lipinski definition) is 5. The van der Waals surface area contributed by atoms with Crippen LogP contribution in [0.2, 0.25) is 5.02 Å². The summed E-state index contributed by atoms with van der Waals surface area (Å²) < 4.78 is 9.75. The third-order valence-corrected chi connectivity index (χ3v) is 5.48. The number of nitrogens with zero attached hydrogens (tertiary/aromatic N) is 2. The van der Waals surface area contributed by atoms with Crippen LogP contribution in [0.5, 0.6) is 0 Å². The van der Waals surface area contributed by atoms with Gasteiger partial charge in [0, 0.05) is 44.3 Å². The maximum absolute atomic E-state index is 11.0. The Morgan fingerprint density at radius 2 is 1.62 bits per heavy atom. The highest BCUT2D eigenvalue weighted by Crippen LogP contribution is 2.26. The van der Waals surface area contributed by atoms with Crippen molar-refractivity contribution in [3.63, 3.8) is 0 Å². The van der Waals surface area contributed by atoms with Crippen molar-refractivity contribution in [2.24, 2.45) is 0 Å². The molecule has 1 aliphatic rings. The first-order valence-corrected chi connectivity index (χ1v) is 10.6. The van der Waals surface area contributed by atoms with E-state index in [4.69, 9.17) is 16.3 Å². The summed E-state index contributed by atoms with van der Waals surface area (Å²) in [4.78, 5) is 15.9. The molecule has 176 valence electrons. The van der Waals surface area contributed by atoms with Crippen molar-refractivity contribution in [2.45, 2.75) is 6.54 Å². The molecule has 8 heteroatoms. The number of esters is 1. The summed E-state index contributed by atoms with van der Waals surface area (Å²) in [7, 11) is 1.36. The second kappa shape index (κ2) is 15.3. The van der Waals surface area contributed by atoms with Crippen LogP contribution in [0.25, 0.3) is 11.1 Å². The normalized spacial score (nSPS) is 14.6. The van der Waals surface area contributed by atoms with Gasteiger partial charge in [-0.1, -0.05) is 60.2 Å². The molecule has 0 unspecified atom stereocenters. The van der Waals surface area contributed by atoms with Crippen LogP contribution in [0, 0.1) is 0 Å². The lowest BCUT2D eigenvalue weighted by atomic mass is 9.99. The van der Waals surface area contributed by atoms with E-state index in [0.29, 0.717) is 6.61 Å². The van der Waals surface area contributed by atoms with E-state index in [1.165, 1.54) is 23.8 Å². The van der Waals surface area contributed by atoms with Gasteiger partial charge >= 0.3 is 5.97 Å². The van der Waals surface area contributed by atoms with Crippen LogP contribution in [0.1, 0.15) is 5.56 Å². The van der Waals surface area contributed by atoms with E-state index in [0.717, 1.165) is 44.3 Å². The summed E-state index contributed by atoms with van der Waals surface area (Å²) in [6, 6.07) is 16.7. The number of halogens is 3. The summed E-state index contributed by atoms with van der Waals surface area (Å²) in [5.41, 5.74) is 3.82. The highest BCUT2D eigenvalue weighted by molar-refractivity contribution is 6.30. The average molecular weight is 502 g/mol. The largest absolute Gasteiger partial charge is 0.467 e. The molecule has 0 aliphatic carbocycles. The molecule has 0 N–H and O–H groups in total. The topological polar surface area (TPSA) is 42.0 Å². The fraction of sp³-hybridized carbons (Fsp3) is 0.375. The quantitative estimate of drug-likeness (QED) is 0.283. The van der Waals surface area contributed by atoms with Crippen molar-refractivity contribution < 1.29 is 14.3 Å². The predicted molar refractivity (Wildman–Crippen MR) is 135 cm³/mol. The van der Waals surface area contributed by atoms with Crippen LogP contribution in [-0.4, -0.2) is 68.8 Å². The molecule has 1 saturated heterocycles. The molecule has 0 atom stereocenters. The maximum atomic E-state index is 11.0. The van der Waals surface area contributed by atoms with Crippen molar-refractivity contribution in [2.75, 3.05) is 53.0 Å². The predicted octanol–water partition coefficient (Wildman–Crippen LogP) is 4.71. The summed E-state index contributed by atoms with van der Waals surface area (Å²) >= 11 is 6.04. The zero-order chi connectivity index (χ0) is 21.2. The Kier molecular flexibility index (Phi) is 13.6. The minimum absolute atomic E-state index is 0. The lowest BCUT2D eigenvalue weighted by Gasteiger charge is -2.34. The first-order chi connectivity index (χ1) is 14.7. The second-order valence-corrected chi connectivity index (χ2v) is 7.74. The maximum Gasteiger partial charge on any atom is 0.331 e. The molecule has 5 nitrogen and oxygen atoms in total. The number of methoxy groups -OCH3 is 1. The Balaban J connectivity index is 0.00000256. The molecule has 0 saturated carbocycles. The smallest absolute Gasteiger partial charge is 0.331 e. The number of hydrogen-bond donors (Lipinski definition) is 0. The molecule has 0 radical (unpaired) electrons. The second-order valence-electron chi connectivity index (χ2n) is 7.30. The number of piperazine rings is 1. The lowest BCUT2D eigenvalue weighted by Crippen LogP contribution is -2.45. The van der Waals surface area contributed by atoms with Gasteiger partial charge in [0.25, 0.3) is 0 Å². The molecule has 2 aromatic rings. The van der Waals surface area contributed by atoms with Crippen LogP contribution < -0.4 is 0 Å². The minimum Gasteiger partial charge on any atom is -0.467 e. The first kappa shape index (κ1) is 28.4. The van der Waals surface area contributed by atoms with Crippen LogP contribution in [0.3, 0.4) is 0 Å². The Hall–Kier alpha value is -1.60. The Morgan fingerprint density at radius 1 is 0.969 bits per heavy atom. The minimum atomic E-state index is -0.350. The van der Waals surface area contributed by atoms with E-state index in [-0.39, 0.29) is 37.4 Å². The van der Waals surface area contributed by atoms with E-state index in [2.05, 4.69) is 57.0 Å². The van der Waals surface area contributed by atoms with Gasteiger partial charge in [0.05, 0.1) is 13.7 Å². The number of ether oxygens (including phenoxy) is 2. The van der Waals surface area contributed by atoms with Crippen LogP contribution in [-0.2, 0) is 20.8 Å². The molecule has 0 aromatic heterocycles. The third-order valence-electron chi connectivity index (χ3n) is 5.22. The Labute approximate surface area is 208 Å². The fourth-order valence-corrected chi connectivity index (χ4v) is 3.63. The number of carbonyl (C=O) groups is 1. The van der Waals surface area contributed by atoms with Gasteiger partial charge in [-0.25, -0.2) is 4.79 Å².